The molecule has 0 aliphatic rings. The number of aliphatic carboxylic acids is 1. The van der Waals surface area contributed by atoms with Crippen molar-refractivity contribution in [1.82, 2.24) is 0 Å². The minimum Gasteiger partial charge on any atom is -0.486 e. The number of carbonyl (C=O) groups is 1. The number of benzene rings is 3. The average molecular weight is 380 g/mol. The van der Waals surface area contributed by atoms with Crippen molar-refractivity contribution in [2.45, 2.75) is 26.4 Å². The molecule has 0 unspecified atom stereocenters. The van der Waals surface area contributed by atoms with Crippen LogP contribution in [0.3, 0.4) is 0 Å². The fraction of sp³-hybridized carbons (Fsp3) is 0.174. The molecule has 0 bridgehead atoms. The zero-order valence-corrected chi connectivity index (χ0v) is 15.5. The second-order valence-corrected chi connectivity index (χ2v) is 6.51. The third kappa shape index (κ3) is 5.58. The highest BCUT2D eigenvalue weighted by molar-refractivity contribution is 5.67. The molecule has 0 atom stereocenters. The number of aryl methyl sites for hydroxylation is 2. The predicted molar refractivity (Wildman–Crippen MR) is 104 cm³/mol. The molecule has 0 aromatic heterocycles. The fourth-order valence-corrected chi connectivity index (χ4v) is 2.67. The topological polar surface area (TPSA) is 55.8 Å². The second-order valence-electron chi connectivity index (χ2n) is 6.51. The lowest BCUT2D eigenvalue weighted by atomic mass is 10.1. The predicted octanol–water partition coefficient (Wildman–Crippen LogP) is 5.52. The second kappa shape index (κ2) is 9.04. The van der Waals surface area contributed by atoms with Crippen molar-refractivity contribution >= 4 is 5.97 Å². The van der Waals surface area contributed by atoms with Gasteiger partial charge in [-0.2, -0.15) is 0 Å². The average Bonchev–Trinajstić information content (AvgIpc) is 2.68. The molecule has 0 radical (unpaired) electrons. The molecule has 0 aliphatic heterocycles. The molecule has 1 N–H and O–H groups in total. The van der Waals surface area contributed by atoms with Crippen molar-refractivity contribution < 1.29 is 23.8 Å². The summed E-state index contributed by atoms with van der Waals surface area (Å²) in [5, 5.41) is 8.71. The lowest BCUT2D eigenvalue weighted by Crippen LogP contribution is -2.00. The van der Waals surface area contributed by atoms with E-state index in [1.165, 1.54) is 12.1 Å². The molecule has 144 valence electrons. The number of hydrogen-bond acceptors (Lipinski definition) is 3. The van der Waals surface area contributed by atoms with E-state index in [0.29, 0.717) is 11.3 Å². The van der Waals surface area contributed by atoms with Gasteiger partial charge in [0.25, 0.3) is 0 Å². The van der Waals surface area contributed by atoms with Crippen LogP contribution in [0, 0.1) is 12.7 Å². The van der Waals surface area contributed by atoms with Crippen LogP contribution in [0.15, 0.2) is 66.7 Å². The number of carboxylic acids is 1. The molecule has 5 heteroatoms. The lowest BCUT2D eigenvalue weighted by Gasteiger charge is -2.11. The molecule has 0 spiro atoms. The summed E-state index contributed by atoms with van der Waals surface area (Å²) >= 11 is 0. The minimum absolute atomic E-state index is 0.0343. The van der Waals surface area contributed by atoms with Crippen molar-refractivity contribution in [2.24, 2.45) is 0 Å². The van der Waals surface area contributed by atoms with E-state index in [9.17, 15) is 9.18 Å². The summed E-state index contributed by atoms with van der Waals surface area (Å²) in [6, 6.07) is 19.7. The Kier molecular flexibility index (Phi) is 6.27. The Hall–Kier alpha value is -3.34. The van der Waals surface area contributed by atoms with Gasteiger partial charge in [-0.1, -0.05) is 35.9 Å². The number of carboxylic acid groups (broad SMARTS) is 1. The SMILES string of the molecule is Cc1ccc(Oc2cccc(COc3ccc(CCC(=O)O)cc3F)c2)cc1. The van der Waals surface area contributed by atoms with E-state index in [1.54, 1.807) is 6.07 Å². The molecule has 0 amide bonds. The highest BCUT2D eigenvalue weighted by atomic mass is 19.1. The van der Waals surface area contributed by atoms with Gasteiger partial charge in [-0.3, -0.25) is 4.79 Å². The first-order valence-electron chi connectivity index (χ1n) is 8.96. The van der Waals surface area contributed by atoms with Gasteiger partial charge >= 0.3 is 5.97 Å². The Labute approximate surface area is 163 Å². The van der Waals surface area contributed by atoms with Gasteiger partial charge in [-0.25, -0.2) is 4.39 Å². The molecule has 0 saturated carbocycles. The summed E-state index contributed by atoms with van der Waals surface area (Å²) in [7, 11) is 0. The van der Waals surface area contributed by atoms with E-state index in [-0.39, 0.29) is 25.2 Å². The summed E-state index contributed by atoms with van der Waals surface area (Å²) in [5.41, 5.74) is 2.63. The summed E-state index contributed by atoms with van der Waals surface area (Å²) < 4.78 is 25.6. The summed E-state index contributed by atoms with van der Waals surface area (Å²) in [5.74, 6) is 0.133. The first kappa shape index (κ1) is 19.4. The van der Waals surface area contributed by atoms with Gasteiger partial charge in [-0.05, 0) is 60.9 Å². The van der Waals surface area contributed by atoms with Crippen LogP contribution in [0.25, 0.3) is 0 Å². The Morgan fingerprint density at radius 2 is 1.75 bits per heavy atom. The zero-order valence-electron chi connectivity index (χ0n) is 15.5. The summed E-state index contributed by atoms with van der Waals surface area (Å²) in [4.78, 5) is 10.6. The van der Waals surface area contributed by atoms with Crippen molar-refractivity contribution in [1.29, 1.82) is 0 Å². The standard InChI is InChI=1S/C23H21FO4/c1-16-5-9-19(10-6-16)28-20-4-2-3-18(13-20)15-27-22-11-7-17(14-21(22)24)8-12-23(25)26/h2-7,9-11,13-14H,8,12,15H2,1H3,(H,25,26). The van der Waals surface area contributed by atoms with E-state index in [4.69, 9.17) is 14.6 Å². The molecule has 3 aromatic carbocycles. The molecule has 0 heterocycles. The number of ether oxygens (including phenoxy) is 2. The van der Waals surface area contributed by atoms with Crippen LogP contribution >= 0.6 is 0 Å². The Morgan fingerprint density at radius 3 is 2.46 bits per heavy atom. The van der Waals surface area contributed by atoms with Crippen LogP contribution < -0.4 is 9.47 Å². The normalized spacial score (nSPS) is 10.5. The molecular weight excluding hydrogens is 359 g/mol. The van der Waals surface area contributed by atoms with E-state index in [0.717, 1.165) is 16.9 Å². The van der Waals surface area contributed by atoms with Crippen molar-refractivity contribution in [3.63, 3.8) is 0 Å². The number of hydrogen-bond donors (Lipinski definition) is 1. The third-order valence-electron chi connectivity index (χ3n) is 4.17. The highest BCUT2D eigenvalue weighted by Crippen LogP contribution is 2.24. The fourth-order valence-electron chi connectivity index (χ4n) is 2.67. The van der Waals surface area contributed by atoms with Gasteiger partial charge in [0.15, 0.2) is 11.6 Å². The molecule has 0 fully saturated rings. The maximum absolute atomic E-state index is 14.2. The van der Waals surface area contributed by atoms with Gasteiger partial charge < -0.3 is 14.6 Å². The van der Waals surface area contributed by atoms with Crippen LogP contribution in [0.2, 0.25) is 0 Å². The Balaban J connectivity index is 1.61. The minimum atomic E-state index is -0.909. The lowest BCUT2D eigenvalue weighted by molar-refractivity contribution is -0.136. The Bertz CT molecular complexity index is 951. The van der Waals surface area contributed by atoms with E-state index < -0.39 is 11.8 Å². The molecule has 0 aliphatic carbocycles. The van der Waals surface area contributed by atoms with Gasteiger partial charge in [0.05, 0.1) is 0 Å². The van der Waals surface area contributed by atoms with Crippen LogP contribution in [-0.2, 0) is 17.8 Å². The van der Waals surface area contributed by atoms with Crippen LogP contribution in [0.1, 0.15) is 23.1 Å². The van der Waals surface area contributed by atoms with E-state index >= 15 is 0 Å². The van der Waals surface area contributed by atoms with E-state index in [2.05, 4.69) is 0 Å². The monoisotopic (exact) mass is 380 g/mol. The van der Waals surface area contributed by atoms with E-state index in [1.807, 2.05) is 55.5 Å². The maximum Gasteiger partial charge on any atom is 0.303 e. The zero-order chi connectivity index (χ0) is 19.9. The van der Waals surface area contributed by atoms with Crippen molar-refractivity contribution in [3.8, 4) is 17.2 Å². The van der Waals surface area contributed by atoms with Gasteiger partial charge in [0.2, 0.25) is 0 Å². The van der Waals surface area contributed by atoms with Gasteiger partial charge in [-0.15, -0.1) is 0 Å². The van der Waals surface area contributed by atoms with Gasteiger partial charge in [0, 0.05) is 6.42 Å². The van der Waals surface area contributed by atoms with Crippen LogP contribution in [0.5, 0.6) is 17.2 Å². The number of halogens is 1. The third-order valence-corrected chi connectivity index (χ3v) is 4.17. The summed E-state index contributed by atoms with van der Waals surface area (Å²) in [6.07, 6.45) is 0.248. The first-order valence-corrected chi connectivity index (χ1v) is 8.96. The molecule has 4 nitrogen and oxygen atoms in total. The first-order chi connectivity index (χ1) is 13.5. The quantitative estimate of drug-likeness (QED) is 0.559. The summed E-state index contributed by atoms with van der Waals surface area (Å²) in [6.45, 7) is 2.20. The maximum atomic E-state index is 14.2. The van der Waals surface area contributed by atoms with Crippen LogP contribution in [-0.4, -0.2) is 11.1 Å². The van der Waals surface area contributed by atoms with Crippen molar-refractivity contribution in [3.05, 3.63) is 89.2 Å². The highest BCUT2D eigenvalue weighted by Gasteiger charge is 2.07. The molecule has 3 rings (SSSR count). The molecule has 28 heavy (non-hydrogen) atoms. The smallest absolute Gasteiger partial charge is 0.303 e. The largest absolute Gasteiger partial charge is 0.486 e. The van der Waals surface area contributed by atoms with Crippen LogP contribution in [0.4, 0.5) is 4.39 Å². The Morgan fingerprint density at radius 1 is 0.964 bits per heavy atom. The van der Waals surface area contributed by atoms with Crippen molar-refractivity contribution in [2.75, 3.05) is 0 Å². The number of rotatable bonds is 8. The molecule has 0 saturated heterocycles. The molecular formula is C23H21FO4. The molecule has 3 aromatic rings. The van der Waals surface area contributed by atoms with Gasteiger partial charge in [0.1, 0.15) is 18.1 Å².